The van der Waals surface area contributed by atoms with E-state index in [0.29, 0.717) is 17.0 Å². The Balaban J connectivity index is 1.55. The van der Waals surface area contributed by atoms with Gasteiger partial charge in [-0.2, -0.15) is 13.2 Å². The lowest BCUT2D eigenvalue weighted by atomic mass is 10.1. The number of nitrogens with zero attached hydrogens (tertiary/aromatic N) is 1. The quantitative estimate of drug-likeness (QED) is 0.202. The first kappa shape index (κ1) is 24.1. The first-order valence-corrected chi connectivity index (χ1v) is 10.2. The summed E-state index contributed by atoms with van der Waals surface area (Å²) in [5.41, 5.74) is -2.02. The molecule has 0 spiro atoms. The first-order chi connectivity index (χ1) is 16.5. The number of hydrogen-bond donors (Lipinski definition) is 0. The number of fused-ring (bicyclic) bond motifs is 1. The molecular formula is C24H12ClF4NO5. The topological polar surface area (TPSA) is 80.8 Å². The summed E-state index contributed by atoms with van der Waals surface area (Å²) in [4.78, 5) is 50.7. The van der Waals surface area contributed by atoms with E-state index in [0.717, 1.165) is 30.3 Å². The van der Waals surface area contributed by atoms with E-state index in [1.54, 1.807) is 0 Å². The zero-order valence-electron chi connectivity index (χ0n) is 17.4. The van der Waals surface area contributed by atoms with Crippen molar-refractivity contribution >= 4 is 40.9 Å². The summed E-state index contributed by atoms with van der Waals surface area (Å²) >= 11 is 5.97. The van der Waals surface area contributed by atoms with Gasteiger partial charge in [0.05, 0.1) is 33.0 Å². The second-order valence-corrected chi connectivity index (χ2v) is 7.78. The van der Waals surface area contributed by atoms with Gasteiger partial charge in [-0.25, -0.2) is 14.1 Å². The van der Waals surface area contributed by atoms with Gasteiger partial charge >= 0.3 is 12.1 Å². The van der Waals surface area contributed by atoms with Crippen molar-refractivity contribution in [3.8, 4) is 0 Å². The SMILES string of the molecule is O=C(COC(=O)c1ccc2c(c1)C(=O)N(c1cc(C(F)(F)F)ccc1Cl)C2=O)c1ccc(F)cc1. The first-order valence-electron chi connectivity index (χ1n) is 9.83. The van der Waals surface area contributed by atoms with E-state index < -0.39 is 53.4 Å². The maximum atomic E-state index is 13.1. The zero-order valence-corrected chi connectivity index (χ0v) is 18.1. The van der Waals surface area contributed by atoms with Gasteiger partial charge in [-0.15, -0.1) is 0 Å². The monoisotopic (exact) mass is 505 g/mol. The number of halogens is 5. The molecular weight excluding hydrogens is 494 g/mol. The number of carbonyl (C=O) groups excluding carboxylic acids is 4. The normalized spacial score (nSPS) is 13.1. The van der Waals surface area contributed by atoms with Gasteiger partial charge in [-0.1, -0.05) is 11.6 Å². The van der Waals surface area contributed by atoms with Gasteiger partial charge in [0.1, 0.15) is 5.82 Å². The number of esters is 1. The van der Waals surface area contributed by atoms with Crippen molar-refractivity contribution in [1.29, 1.82) is 0 Å². The molecule has 0 bridgehead atoms. The Kier molecular flexibility index (Phi) is 6.16. The lowest BCUT2D eigenvalue weighted by molar-refractivity contribution is -0.137. The molecule has 0 aliphatic carbocycles. The van der Waals surface area contributed by atoms with Crippen LogP contribution in [0.25, 0.3) is 0 Å². The molecule has 0 unspecified atom stereocenters. The fourth-order valence-electron chi connectivity index (χ4n) is 3.38. The number of hydrogen-bond acceptors (Lipinski definition) is 5. The molecule has 0 fully saturated rings. The summed E-state index contributed by atoms with van der Waals surface area (Å²) in [6.45, 7) is -0.666. The third kappa shape index (κ3) is 4.65. The van der Waals surface area contributed by atoms with Crippen molar-refractivity contribution in [3.63, 3.8) is 0 Å². The maximum absolute atomic E-state index is 13.1. The second kappa shape index (κ2) is 8.95. The van der Waals surface area contributed by atoms with Crippen LogP contribution in [-0.2, 0) is 10.9 Å². The van der Waals surface area contributed by atoms with E-state index in [1.807, 2.05) is 0 Å². The third-order valence-electron chi connectivity index (χ3n) is 5.14. The number of ketones is 1. The van der Waals surface area contributed by atoms with Gasteiger partial charge in [0.2, 0.25) is 0 Å². The Morgan fingerprint density at radius 2 is 1.49 bits per heavy atom. The van der Waals surface area contributed by atoms with Gasteiger partial charge in [0.15, 0.2) is 12.4 Å². The molecule has 1 aliphatic heterocycles. The molecule has 0 aromatic heterocycles. The number of ether oxygens (including phenoxy) is 1. The molecule has 6 nitrogen and oxygen atoms in total. The second-order valence-electron chi connectivity index (χ2n) is 7.38. The van der Waals surface area contributed by atoms with Crippen LogP contribution in [0.4, 0.5) is 23.2 Å². The molecule has 4 rings (SSSR count). The van der Waals surface area contributed by atoms with Gasteiger partial charge in [-0.05, 0) is 60.7 Å². The fourth-order valence-corrected chi connectivity index (χ4v) is 3.58. The number of Topliss-reactive ketones (excluding diaryl/α,β-unsaturated/α-hetero) is 1. The van der Waals surface area contributed by atoms with E-state index >= 15 is 0 Å². The molecule has 0 saturated carbocycles. The average Bonchev–Trinajstić information content (AvgIpc) is 3.06. The van der Waals surface area contributed by atoms with E-state index in [2.05, 4.69) is 0 Å². The Morgan fingerprint density at radius 1 is 0.857 bits per heavy atom. The number of benzene rings is 3. The molecule has 1 heterocycles. The highest BCUT2D eigenvalue weighted by molar-refractivity contribution is 6.40. The third-order valence-corrected chi connectivity index (χ3v) is 5.46. The average molecular weight is 506 g/mol. The highest BCUT2D eigenvalue weighted by Crippen LogP contribution is 2.38. The highest BCUT2D eigenvalue weighted by Gasteiger charge is 2.40. The maximum Gasteiger partial charge on any atom is 0.416 e. The molecule has 0 saturated heterocycles. The Morgan fingerprint density at radius 3 is 2.14 bits per heavy atom. The van der Waals surface area contributed by atoms with Crippen molar-refractivity contribution in [1.82, 2.24) is 0 Å². The molecule has 0 N–H and O–H groups in total. The molecule has 3 aromatic carbocycles. The van der Waals surface area contributed by atoms with Crippen LogP contribution < -0.4 is 4.90 Å². The van der Waals surface area contributed by atoms with Crippen molar-refractivity contribution < 1.29 is 41.5 Å². The van der Waals surface area contributed by atoms with Crippen molar-refractivity contribution in [3.05, 3.63) is 99.3 Å². The Labute approximate surface area is 199 Å². The summed E-state index contributed by atoms with van der Waals surface area (Å²) in [6.07, 6.45) is -4.74. The Bertz CT molecular complexity index is 1390. The van der Waals surface area contributed by atoms with E-state index in [4.69, 9.17) is 16.3 Å². The molecule has 3 aromatic rings. The van der Waals surface area contributed by atoms with Crippen LogP contribution in [0.2, 0.25) is 5.02 Å². The summed E-state index contributed by atoms with van der Waals surface area (Å²) in [6, 6.07) is 10.2. The standard InChI is InChI=1S/C24H12ClF4NO5/c25-18-8-4-14(24(27,28)29)10-19(18)30-21(32)16-7-3-13(9-17(16)22(30)33)23(34)35-11-20(31)12-1-5-15(26)6-2-12/h1-10H,11H2. The van der Waals surface area contributed by atoms with Crippen molar-refractivity contribution in [2.24, 2.45) is 0 Å². The smallest absolute Gasteiger partial charge is 0.416 e. The molecule has 35 heavy (non-hydrogen) atoms. The molecule has 0 radical (unpaired) electrons. The van der Waals surface area contributed by atoms with Gasteiger partial charge in [-0.3, -0.25) is 14.4 Å². The lowest BCUT2D eigenvalue weighted by Gasteiger charge is -2.17. The summed E-state index contributed by atoms with van der Waals surface area (Å²) in [7, 11) is 0. The fraction of sp³-hybridized carbons (Fsp3) is 0.0833. The van der Waals surface area contributed by atoms with Crippen LogP contribution in [0, 0.1) is 5.82 Å². The Hall–Kier alpha value is -4.05. The molecule has 0 atom stereocenters. The van der Waals surface area contributed by atoms with Crippen LogP contribution in [0.1, 0.15) is 47.0 Å². The van der Waals surface area contributed by atoms with E-state index in [-0.39, 0.29) is 27.3 Å². The number of anilines is 1. The van der Waals surface area contributed by atoms with Crippen LogP contribution in [0.3, 0.4) is 0 Å². The van der Waals surface area contributed by atoms with Crippen molar-refractivity contribution in [2.75, 3.05) is 11.5 Å². The largest absolute Gasteiger partial charge is 0.454 e. The minimum Gasteiger partial charge on any atom is -0.454 e. The molecule has 1 aliphatic rings. The summed E-state index contributed by atoms with van der Waals surface area (Å²) in [5, 5.41) is -0.258. The molecule has 178 valence electrons. The number of carbonyl (C=O) groups is 4. The van der Waals surface area contributed by atoms with Crippen LogP contribution in [0.15, 0.2) is 60.7 Å². The minimum atomic E-state index is -4.74. The van der Waals surface area contributed by atoms with Crippen LogP contribution >= 0.6 is 11.6 Å². The minimum absolute atomic E-state index is 0.113. The highest BCUT2D eigenvalue weighted by atomic mass is 35.5. The van der Waals surface area contributed by atoms with Crippen LogP contribution in [-0.4, -0.2) is 30.2 Å². The molecule has 11 heteroatoms. The van der Waals surface area contributed by atoms with Crippen molar-refractivity contribution in [2.45, 2.75) is 6.18 Å². The lowest BCUT2D eigenvalue weighted by Crippen LogP contribution is -2.30. The van der Waals surface area contributed by atoms with Gasteiger partial charge in [0.25, 0.3) is 11.8 Å². The van der Waals surface area contributed by atoms with E-state index in [9.17, 15) is 36.7 Å². The molecule has 2 amide bonds. The number of alkyl halides is 3. The zero-order chi connectivity index (χ0) is 25.5. The van der Waals surface area contributed by atoms with Crippen LogP contribution in [0.5, 0.6) is 0 Å². The number of rotatable bonds is 5. The van der Waals surface area contributed by atoms with Gasteiger partial charge < -0.3 is 4.74 Å². The summed E-state index contributed by atoms with van der Waals surface area (Å²) in [5.74, 6) is -4.03. The predicted octanol–water partition coefficient (Wildman–Crippen LogP) is 5.34. The predicted molar refractivity (Wildman–Crippen MR) is 115 cm³/mol. The summed E-state index contributed by atoms with van der Waals surface area (Å²) < 4.78 is 57.3. The number of amides is 2. The van der Waals surface area contributed by atoms with Gasteiger partial charge in [0, 0.05) is 5.56 Å². The number of imide groups is 1. The van der Waals surface area contributed by atoms with E-state index in [1.165, 1.54) is 18.2 Å².